The van der Waals surface area contributed by atoms with Crippen LogP contribution < -0.4 is 20.1 Å². The Bertz CT molecular complexity index is 414. The lowest BCUT2D eigenvalue weighted by Gasteiger charge is -2.35. The third-order valence-electron chi connectivity index (χ3n) is 3.40. The molecule has 1 fully saturated rings. The zero-order valence-corrected chi connectivity index (χ0v) is 10.1. The molecule has 1 aromatic rings. The van der Waals surface area contributed by atoms with Crippen molar-refractivity contribution in [1.82, 2.24) is 10.6 Å². The maximum atomic E-state index is 5.40. The quantitative estimate of drug-likeness (QED) is 0.798. The van der Waals surface area contributed by atoms with Crippen LogP contribution in [0.15, 0.2) is 18.2 Å². The van der Waals surface area contributed by atoms with Crippen molar-refractivity contribution < 1.29 is 9.47 Å². The first kappa shape index (κ1) is 10.9. The van der Waals surface area contributed by atoms with Crippen LogP contribution in [-0.2, 0) is 6.42 Å². The number of benzene rings is 1. The van der Waals surface area contributed by atoms with Gasteiger partial charge in [-0.25, -0.2) is 0 Å². The average Bonchev–Trinajstić information content (AvgIpc) is 2.76. The fraction of sp³-hybridized carbons (Fsp3) is 0.538. The van der Waals surface area contributed by atoms with E-state index in [1.165, 1.54) is 5.56 Å². The highest BCUT2D eigenvalue weighted by atomic mass is 16.7. The molecule has 0 amide bonds. The van der Waals surface area contributed by atoms with Crippen LogP contribution in [0.4, 0.5) is 0 Å². The maximum Gasteiger partial charge on any atom is 0.231 e. The van der Waals surface area contributed by atoms with Crippen LogP contribution >= 0.6 is 0 Å². The summed E-state index contributed by atoms with van der Waals surface area (Å²) in [5.41, 5.74) is 1.42. The molecule has 3 rings (SSSR count). The van der Waals surface area contributed by atoms with Crippen molar-refractivity contribution in [3.05, 3.63) is 23.8 Å². The Labute approximate surface area is 101 Å². The molecule has 2 aliphatic rings. The summed E-state index contributed by atoms with van der Waals surface area (Å²) < 4.78 is 10.7. The molecular weight excluding hydrogens is 216 g/mol. The lowest BCUT2D eigenvalue weighted by atomic mass is 9.91. The molecular formula is C13H18N2O2. The summed E-state index contributed by atoms with van der Waals surface area (Å²) in [6.45, 7) is 5.68. The molecule has 0 spiro atoms. The van der Waals surface area contributed by atoms with Gasteiger partial charge in [-0.1, -0.05) is 6.07 Å². The number of fused-ring (bicyclic) bond motifs is 1. The van der Waals surface area contributed by atoms with Crippen molar-refractivity contribution in [2.75, 3.05) is 26.4 Å². The van der Waals surface area contributed by atoms with E-state index < -0.39 is 0 Å². The standard InChI is InChI=1S/C13H18N2O2/c1-13(8-14-4-5-15-13)7-10-2-3-11-12(6-10)17-9-16-11/h2-3,6,14-15H,4-5,7-9H2,1H3. The van der Waals surface area contributed by atoms with Crippen molar-refractivity contribution >= 4 is 0 Å². The Kier molecular flexibility index (Phi) is 2.68. The molecule has 4 heteroatoms. The third-order valence-corrected chi connectivity index (χ3v) is 3.40. The molecule has 17 heavy (non-hydrogen) atoms. The normalized spacial score (nSPS) is 27.1. The zero-order chi connectivity index (χ0) is 11.7. The highest BCUT2D eigenvalue weighted by molar-refractivity contribution is 5.44. The average molecular weight is 234 g/mol. The second-order valence-corrected chi connectivity index (χ2v) is 5.03. The molecule has 92 valence electrons. The van der Waals surface area contributed by atoms with Crippen LogP contribution in [0.1, 0.15) is 12.5 Å². The summed E-state index contributed by atoms with van der Waals surface area (Å²) in [7, 11) is 0. The monoisotopic (exact) mass is 234 g/mol. The Morgan fingerprint density at radius 2 is 2.12 bits per heavy atom. The molecule has 0 saturated carbocycles. The molecule has 0 bridgehead atoms. The Balaban J connectivity index is 1.76. The number of nitrogens with one attached hydrogen (secondary N) is 2. The van der Waals surface area contributed by atoms with Gasteiger partial charge in [0.05, 0.1) is 0 Å². The van der Waals surface area contributed by atoms with Gasteiger partial charge in [0.1, 0.15) is 0 Å². The first-order chi connectivity index (χ1) is 8.25. The van der Waals surface area contributed by atoms with Gasteiger partial charge in [0.15, 0.2) is 11.5 Å². The summed E-state index contributed by atoms with van der Waals surface area (Å²) in [6, 6.07) is 6.20. The minimum Gasteiger partial charge on any atom is -0.454 e. The maximum absolute atomic E-state index is 5.40. The van der Waals surface area contributed by atoms with E-state index in [1.807, 2.05) is 6.07 Å². The molecule has 4 nitrogen and oxygen atoms in total. The summed E-state index contributed by atoms with van der Waals surface area (Å²) >= 11 is 0. The van der Waals surface area contributed by atoms with Crippen molar-refractivity contribution in [2.45, 2.75) is 18.9 Å². The van der Waals surface area contributed by atoms with E-state index in [1.54, 1.807) is 0 Å². The smallest absolute Gasteiger partial charge is 0.231 e. The van der Waals surface area contributed by atoms with E-state index in [9.17, 15) is 0 Å². The van der Waals surface area contributed by atoms with Crippen LogP contribution in [-0.4, -0.2) is 32.0 Å². The summed E-state index contributed by atoms with van der Waals surface area (Å²) in [5.74, 6) is 1.73. The van der Waals surface area contributed by atoms with E-state index >= 15 is 0 Å². The minimum absolute atomic E-state index is 0.131. The van der Waals surface area contributed by atoms with Gasteiger partial charge in [-0.15, -0.1) is 0 Å². The fourth-order valence-electron chi connectivity index (χ4n) is 2.51. The summed E-state index contributed by atoms with van der Waals surface area (Å²) in [6.07, 6.45) is 0.997. The van der Waals surface area contributed by atoms with Gasteiger partial charge in [0.25, 0.3) is 0 Å². The first-order valence-corrected chi connectivity index (χ1v) is 6.09. The van der Waals surface area contributed by atoms with Crippen molar-refractivity contribution in [1.29, 1.82) is 0 Å². The van der Waals surface area contributed by atoms with Crippen LogP contribution in [0.3, 0.4) is 0 Å². The van der Waals surface area contributed by atoms with Gasteiger partial charge < -0.3 is 20.1 Å². The fourth-order valence-corrected chi connectivity index (χ4v) is 2.51. The summed E-state index contributed by atoms with van der Waals surface area (Å²) in [4.78, 5) is 0. The van der Waals surface area contributed by atoms with E-state index in [-0.39, 0.29) is 5.54 Å². The predicted molar refractivity (Wildman–Crippen MR) is 65.5 cm³/mol. The lowest BCUT2D eigenvalue weighted by Crippen LogP contribution is -2.58. The first-order valence-electron chi connectivity index (χ1n) is 6.09. The number of piperazine rings is 1. The topological polar surface area (TPSA) is 42.5 Å². The molecule has 0 aromatic heterocycles. The minimum atomic E-state index is 0.131. The zero-order valence-electron chi connectivity index (χ0n) is 10.1. The molecule has 0 radical (unpaired) electrons. The van der Waals surface area contributed by atoms with Gasteiger partial charge >= 0.3 is 0 Å². The largest absolute Gasteiger partial charge is 0.454 e. The number of rotatable bonds is 2. The van der Waals surface area contributed by atoms with Crippen LogP contribution in [0.2, 0.25) is 0 Å². The molecule has 0 aliphatic carbocycles. The van der Waals surface area contributed by atoms with Crippen LogP contribution in [0, 0.1) is 0 Å². The van der Waals surface area contributed by atoms with Gasteiger partial charge in [-0.3, -0.25) is 0 Å². The van der Waals surface area contributed by atoms with Gasteiger partial charge in [0, 0.05) is 25.2 Å². The summed E-state index contributed by atoms with van der Waals surface area (Å²) in [5, 5.41) is 7.01. The number of hydrogen-bond donors (Lipinski definition) is 2. The van der Waals surface area contributed by atoms with Crippen molar-refractivity contribution in [3.63, 3.8) is 0 Å². The molecule has 1 aromatic carbocycles. The number of hydrogen-bond acceptors (Lipinski definition) is 4. The predicted octanol–water partition coefficient (Wildman–Crippen LogP) is 0.909. The highest BCUT2D eigenvalue weighted by Crippen LogP contribution is 2.33. The second kappa shape index (κ2) is 4.20. The van der Waals surface area contributed by atoms with Crippen molar-refractivity contribution in [2.24, 2.45) is 0 Å². The van der Waals surface area contributed by atoms with Gasteiger partial charge in [-0.2, -0.15) is 0 Å². The van der Waals surface area contributed by atoms with Crippen LogP contribution in [0.25, 0.3) is 0 Å². The van der Waals surface area contributed by atoms with Gasteiger partial charge in [0.2, 0.25) is 6.79 Å². The van der Waals surface area contributed by atoms with E-state index in [4.69, 9.17) is 9.47 Å². The van der Waals surface area contributed by atoms with E-state index in [0.29, 0.717) is 6.79 Å². The molecule has 1 unspecified atom stereocenters. The molecule has 1 atom stereocenters. The number of ether oxygens (including phenoxy) is 2. The van der Waals surface area contributed by atoms with Crippen LogP contribution in [0.5, 0.6) is 11.5 Å². The van der Waals surface area contributed by atoms with E-state index in [2.05, 4.69) is 29.7 Å². The Hall–Kier alpha value is -1.26. The highest BCUT2D eigenvalue weighted by Gasteiger charge is 2.27. The van der Waals surface area contributed by atoms with E-state index in [0.717, 1.165) is 37.6 Å². The third kappa shape index (κ3) is 2.23. The Morgan fingerprint density at radius 1 is 1.24 bits per heavy atom. The molecule has 2 heterocycles. The van der Waals surface area contributed by atoms with Gasteiger partial charge in [-0.05, 0) is 31.0 Å². The van der Waals surface area contributed by atoms with Crippen molar-refractivity contribution in [3.8, 4) is 11.5 Å². The Morgan fingerprint density at radius 3 is 2.94 bits per heavy atom. The molecule has 1 saturated heterocycles. The lowest BCUT2D eigenvalue weighted by molar-refractivity contribution is 0.174. The SMILES string of the molecule is CC1(Cc2ccc3c(c2)OCO3)CNCCN1. The molecule has 2 N–H and O–H groups in total. The molecule has 2 aliphatic heterocycles. The second-order valence-electron chi connectivity index (χ2n) is 5.03.